The molecule has 5 nitrogen and oxygen atoms in total. The van der Waals surface area contributed by atoms with Gasteiger partial charge in [0.2, 0.25) is 0 Å². The van der Waals surface area contributed by atoms with Gasteiger partial charge in [-0.15, -0.1) is 12.4 Å². The van der Waals surface area contributed by atoms with Crippen LogP contribution in [0.5, 0.6) is 11.5 Å². The SMILES string of the molecule is CCOc1cc(CNCc2ccccc2)cc(I)c1OCC(=O)Nc1ccc(C)cc1.Cl. The van der Waals surface area contributed by atoms with Gasteiger partial charge in [-0.1, -0.05) is 48.0 Å². The van der Waals surface area contributed by atoms with E-state index in [0.717, 1.165) is 26.9 Å². The lowest BCUT2D eigenvalue weighted by atomic mass is 10.2. The zero-order valence-electron chi connectivity index (χ0n) is 18.2. The normalized spacial score (nSPS) is 10.2. The molecule has 0 aliphatic heterocycles. The molecule has 2 N–H and O–H groups in total. The summed E-state index contributed by atoms with van der Waals surface area (Å²) in [5.74, 6) is 1.03. The molecule has 0 spiro atoms. The van der Waals surface area contributed by atoms with Crippen molar-refractivity contribution in [2.45, 2.75) is 26.9 Å². The molecule has 3 rings (SSSR count). The third kappa shape index (κ3) is 8.00. The summed E-state index contributed by atoms with van der Waals surface area (Å²) in [5, 5.41) is 6.30. The maximum Gasteiger partial charge on any atom is 0.262 e. The van der Waals surface area contributed by atoms with Crippen molar-refractivity contribution in [3.8, 4) is 11.5 Å². The van der Waals surface area contributed by atoms with Crippen LogP contribution >= 0.6 is 35.0 Å². The lowest BCUT2D eigenvalue weighted by Crippen LogP contribution is -2.21. The van der Waals surface area contributed by atoms with Crippen LogP contribution in [0, 0.1) is 10.5 Å². The Morgan fingerprint density at radius 3 is 2.31 bits per heavy atom. The fraction of sp³-hybridized carbons (Fsp3) is 0.240. The molecule has 1 amide bonds. The van der Waals surface area contributed by atoms with E-state index in [1.807, 2.05) is 68.4 Å². The Balaban J connectivity index is 0.00000363. The molecule has 32 heavy (non-hydrogen) atoms. The predicted octanol–water partition coefficient (Wildman–Crippen LogP) is 5.73. The van der Waals surface area contributed by atoms with Crippen molar-refractivity contribution in [1.29, 1.82) is 0 Å². The zero-order chi connectivity index (χ0) is 22.1. The van der Waals surface area contributed by atoms with Crippen LogP contribution in [0.2, 0.25) is 0 Å². The highest BCUT2D eigenvalue weighted by Gasteiger charge is 2.14. The summed E-state index contributed by atoms with van der Waals surface area (Å²) in [7, 11) is 0. The summed E-state index contributed by atoms with van der Waals surface area (Å²) >= 11 is 2.22. The van der Waals surface area contributed by atoms with Crippen LogP contribution in [0.1, 0.15) is 23.6 Å². The van der Waals surface area contributed by atoms with Gasteiger partial charge < -0.3 is 20.1 Å². The van der Waals surface area contributed by atoms with E-state index in [0.29, 0.717) is 24.7 Å². The number of anilines is 1. The van der Waals surface area contributed by atoms with Crippen LogP contribution in [0.15, 0.2) is 66.7 Å². The van der Waals surface area contributed by atoms with Crippen LogP contribution < -0.4 is 20.1 Å². The molecule has 170 valence electrons. The highest BCUT2D eigenvalue weighted by molar-refractivity contribution is 14.1. The first-order valence-electron chi connectivity index (χ1n) is 10.2. The van der Waals surface area contributed by atoms with Gasteiger partial charge in [0.15, 0.2) is 18.1 Å². The molecule has 7 heteroatoms. The van der Waals surface area contributed by atoms with Crippen molar-refractivity contribution >= 4 is 46.6 Å². The van der Waals surface area contributed by atoms with Crippen molar-refractivity contribution in [3.63, 3.8) is 0 Å². The fourth-order valence-corrected chi connectivity index (χ4v) is 3.87. The number of amides is 1. The molecule has 0 aliphatic rings. The Hall–Kier alpha value is -2.29. The van der Waals surface area contributed by atoms with Gasteiger partial charge in [-0.2, -0.15) is 0 Å². The number of carbonyl (C=O) groups is 1. The second kappa shape index (κ2) is 13.3. The Morgan fingerprint density at radius 2 is 1.62 bits per heavy atom. The topological polar surface area (TPSA) is 59.6 Å². The number of ether oxygens (including phenoxy) is 2. The summed E-state index contributed by atoms with van der Waals surface area (Å²) in [6.07, 6.45) is 0. The van der Waals surface area contributed by atoms with Crippen LogP contribution in [-0.2, 0) is 17.9 Å². The lowest BCUT2D eigenvalue weighted by Gasteiger charge is -2.16. The van der Waals surface area contributed by atoms with Gasteiger partial charge in [0.05, 0.1) is 10.2 Å². The average molecular weight is 567 g/mol. The fourth-order valence-electron chi connectivity index (χ4n) is 3.05. The molecule has 0 radical (unpaired) electrons. The summed E-state index contributed by atoms with van der Waals surface area (Å²) in [6, 6.07) is 22.0. The largest absolute Gasteiger partial charge is 0.490 e. The summed E-state index contributed by atoms with van der Waals surface area (Å²) in [6.45, 7) is 5.87. The third-order valence-corrected chi connectivity index (χ3v) is 5.35. The van der Waals surface area contributed by atoms with Crippen molar-refractivity contribution < 1.29 is 14.3 Å². The van der Waals surface area contributed by atoms with E-state index >= 15 is 0 Å². The lowest BCUT2D eigenvalue weighted by molar-refractivity contribution is -0.118. The third-order valence-electron chi connectivity index (χ3n) is 4.55. The number of hydrogen-bond donors (Lipinski definition) is 2. The Bertz CT molecular complexity index is 998. The standard InChI is InChI=1S/C25H27IN2O3.ClH/c1-3-30-23-14-20(16-27-15-19-7-5-4-6-8-19)13-22(26)25(23)31-17-24(29)28-21-11-9-18(2)10-12-21;/h4-14,27H,3,15-17H2,1-2H3,(H,28,29);1H. The Kier molecular flexibility index (Phi) is 10.8. The van der Waals surface area contributed by atoms with Gasteiger partial charge in [0.25, 0.3) is 5.91 Å². The van der Waals surface area contributed by atoms with Crippen LogP contribution in [0.3, 0.4) is 0 Å². The average Bonchev–Trinajstić information content (AvgIpc) is 2.76. The van der Waals surface area contributed by atoms with Crippen LogP contribution in [-0.4, -0.2) is 19.1 Å². The second-order valence-corrected chi connectivity index (χ2v) is 8.29. The van der Waals surface area contributed by atoms with Crippen molar-refractivity contribution in [3.05, 3.63) is 87.0 Å². The summed E-state index contributed by atoms with van der Waals surface area (Å²) in [5.41, 5.74) is 4.23. The van der Waals surface area contributed by atoms with Gasteiger partial charge in [-0.3, -0.25) is 4.79 Å². The maximum absolute atomic E-state index is 12.3. The molecule has 0 saturated carbocycles. The molecule has 0 unspecified atom stereocenters. The summed E-state index contributed by atoms with van der Waals surface area (Å²) in [4.78, 5) is 12.3. The molecule has 0 bridgehead atoms. The van der Waals surface area contributed by atoms with Crippen LogP contribution in [0.25, 0.3) is 0 Å². The molecule has 0 aromatic heterocycles. The molecule has 3 aromatic carbocycles. The number of rotatable bonds is 10. The highest BCUT2D eigenvalue weighted by atomic mass is 127. The molecule has 3 aromatic rings. The van der Waals surface area contributed by atoms with E-state index in [9.17, 15) is 4.79 Å². The van der Waals surface area contributed by atoms with Gasteiger partial charge in [-0.05, 0) is 71.8 Å². The Labute approximate surface area is 209 Å². The first-order valence-corrected chi connectivity index (χ1v) is 11.3. The van der Waals surface area contributed by atoms with E-state index in [1.165, 1.54) is 5.56 Å². The molecular formula is C25H28ClIN2O3. The van der Waals surface area contributed by atoms with E-state index in [1.54, 1.807) is 0 Å². The quantitative estimate of drug-likeness (QED) is 0.308. The minimum atomic E-state index is -0.212. The molecule has 0 aliphatic carbocycles. The number of aryl methyl sites for hydroxylation is 1. The van der Waals surface area contributed by atoms with E-state index in [-0.39, 0.29) is 24.9 Å². The zero-order valence-corrected chi connectivity index (χ0v) is 21.2. The maximum atomic E-state index is 12.3. The number of carbonyl (C=O) groups excluding carboxylic acids is 1. The summed E-state index contributed by atoms with van der Waals surface area (Å²) < 4.78 is 12.5. The van der Waals surface area contributed by atoms with Crippen molar-refractivity contribution in [2.75, 3.05) is 18.5 Å². The molecule has 0 fully saturated rings. The van der Waals surface area contributed by atoms with Crippen molar-refractivity contribution in [2.24, 2.45) is 0 Å². The molecule has 0 heterocycles. The first-order chi connectivity index (χ1) is 15.0. The first kappa shape index (κ1) is 26.0. The van der Waals surface area contributed by atoms with Gasteiger partial charge >= 0.3 is 0 Å². The predicted molar refractivity (Wildman–Crippen MR) is 140 cm³/mol. The van der Waals surface area contributed by atoms with E-state index in [4.69, 9.17) is 9.47 Å². The number of hydrogen-bond acceptors (Lipinski definition) is 4. The van der Waals surface area contributed by atoms with E-state index in [2.05, 4.69) is 45.4 Å². The second-order valence-electron chi connectivity index (χ2n) is 7.13. The van der Waals surface area contributed by atoms with Gasteiger partial charge in [-0.25, -0.2) is 0 Å². The van der Waals surface area contributed by atoms with Crippen LogP contribution in [0.4, 0.5) is 5.69 Å². The Morgan fingerprint density at radius 1 is 0.938 bits per heavy atom. The molecule has 0 saturated heterocycles. The molecular weight excluding hydrogens is 539 g/mol. The monoisotopic (exact) mass is 566 g/mol. The smallest absolute Gasteiger partial charge is 0.262 e. The number of benzene rings is 3. The van der Waals surface area contributed by atoms with E-state index < -0.39 is 0 Å². The number of nitrogens with one attached hydrogen (secondary N) is 2. The van der Waals surface area contributed by atoms with Gasteiger partial charge in [0.1, 0.15) is 0 Å². The van der Waals surface area contributed by atoms with Crippen molar-refractivity contribution in [1.82, 2.24) is 5.32 Å². The van der Waals surface area contributed by atoms with Gasteiger partial charge in [0, 0.05) is 18.8 Å². The minimum Gasteiger partial charge on any atom is -0.490 e. The highest BCUT2D eigenvalue weighted by Crippen LogP contribution is 2.34. The number of halogens is 2. The minimum absolute atomic E-state index is 0. The molecule has 0 atom stereocenters.